The highest BCUT2D eigenvalue weighted by Gasteiger charge is 2.31. The van der Waals surface area contributed by atoms with Gasteiger partial charge < -0.3 is 23.8 Å². The molecule has 2 unspecified atom stereocenters. The average molecular weight is 725 g/mol. The number of hydrogen-bond acceptors (Lipinski definition) is 6. The van der Waals surface area contributed by atoms with Crippen molar-refractivity contribution >= 4 is 17.9 Å². The van der Waals surface area contributed by atoms with Gasteiger partial charge in [0.05, 0.1) is 34.4 Å². The van der Waals surface area contributed by atoms with Crippen molar-refractivity contribution in [2.24, 2.45) is 0 Å². The number of esters is 2. The second-order valence-corrected chi connectivity index (χ2v) is 15.6. The van der Waals surface area contributed by atoms with Crippen LogP contribution in [-0.2, 0) is 28.6 Å². The lowest BCUT2D eigenvalue weighted by atomic mass is 10.0. The summed E-state index contributed by atoms with van der Waals surface area (Å²) < 4.78 is 17.1. The molecule has 8 heteroatoms. The van der Waals surface area contributed by atoms with Crippen molar-refractivity contribution in [2.75, 3.05) is 41.0 Å². The SMILES string of the molecule is CCCCCCCCCC/C=C\CCCCCCCCCCCCCC(=O)OC(COCCC(C(=O)O)[N+](C)(C)C)COC(=O)CCCCCC. The summed E-state index contributed by atoms with van der Waals surface area (Å²) in [5.74, 6) is -1.48. The summed E-state index contributed by atoms with van der Waals surface area (Å²) >= 11 is 0. The van der Waals surface area contributed by atoms with Crippen LogP contribution in [0.15, 0.2) is 12.2 Å². The summed E-state index contributed by atoms with van der Waals surface area (Å²) in [5.41, 5.74) is 0. The van der Waals surface area contributed by atoms with Crippen molar-refractivity contribution < 1.29 is 38.2 Å². The average Bonchev–Trinajstić information content (AvgIpc) is 3.08. The Kier molecular flexibility index (Phi) is 33.8. The highest BCUT2D eigenvalue weighted by molar-refractivity contribution is 5.72. The molecule has 0 heterocycles. The Morgan fingerprint density at radius 3 is 1.43 bits per heavy atom. The maximum Gasteiger partial charge on any atom is 0.362 e. The van der Waals surface area contributed by atoms with Crippen LogP contribution in [0.25, 0.3) is 0 Å². The lowest BCUT2D eigenvalue weighted by molar-refractivity contribution is -0.887. The zero-order chi connectivity index (χ0) is 37.8. The van der Waals surface area contributed by atoms with Crippen molar-refractivity contribution in [3.63, 3.8) is 0 Å². The van der Waals surface area contributed by atoms with Gasteiger partial charge in [0.25, 0.3) is 0 Å². The number of allylic oxidation sites excluding steroid dienone is 2. The molecule has 0 saturated carbocycles. The molecule has 0 radical (unpaired) electrons. The first kappa shape index (κ1) is 49.1. The van der Waals surface area contributed by atoms with Gasteiger partial charge in [0.1, 0.15) is 6.61 Å². The topological polar surface area (TPSA) is 99.1 Å². The Hall–Kier alpha value is -1.93. The number of ether oxygens (including phenoxy) is 3. The van der Waals surface area contributed by atoms with Gasteiger partial charge in [0.15, 0.2) is 12.1 Å². The van der Waals surface area contributed by atoms with Crippen molar-refractivity contribution in [2.45, 2.75) is 206 Å². The van der Waals surface area contributed by atoms with E-state index in [9.17, 15) is 19.5 Å². The predicted octanol–water partition coefficient (Wildman–Crippen LogP) is 11.1. The van der Waals surface area contributed by atoms with E-state index in [1.807, 2.05) is 21.1 Å². The van der Waals surface area contributed by atoms with Crippen LogP contribution in [0.2, 0.25) is 0 Å². The monoisotopic (exact) mass is 725 g/mol. The molecule has 2 atom stereocenters. The number of carboxylic acid groups (broad SMARTS) is 1. The number of quaternary nitrogens is 1. The van der Waals surface area contributed by atoms with Crippen LogP contribution in [-0.4, -0.2) is 80.6 Å². The van der Waals surface area contributed by atoms with E-state index in [0.717, 1.165) is 44.9 Å². The first-order valence-corrected chi connectivity index (χ1v) is 21.2. The van der Waals surface area contributed by atoms with Crippen LogP contribution in [0.3, 0.4) is 0 Å². The molecule has 0 aliphatic rings. The number of likely N-dealkylation sites (N-methyl/N-ethyl adjacent to an activating group) is 1. The van der Waals surface area contributed by atoms with Gasteiger partial charge in [-0.15, -0.1) is 0 Å². The van der Waals surface area contributed by atoms with Gasteiger partial charge >= 0.3 is 17.9 Å². The lowest BCUT2D eigenvalue weighted by Crippen LogP contribution is -2.50. The molecule has 0 spiro atoms. The van der Waals surface area contributed by atoms with Gasteiger partial charge in [-0.25, -0.2) is 4.79 Å². The van der Waals surface area contributed by atoms with Gasteiger partial charge in [0.2, 0.25) is 0 Å². The number of carboxylic acids is 1. The highest BCUT2D eigenvalue weighted by Crippen LogP contribution is 2.15. The molecule has 51 heavy (non-hydrogen) atoms. The minimum absolute atomic E-state index is 0.0491. The summed E-state index contributed by atoms with van der Waals surface area (Å²) in [6, 6.07) is -0.608. The zero-order valence-corrected chi connectivity index (χ0v) is 34.1. The molecular weight excluding hydrogens is 642 g/mol. The Bertz CT molecular complexity index is 854. The molecule has 0 aromatic rings. The van der Waals surface area contributed by atoms with E-state index in [0.29, 0.717) is 19.3 Å². The number of hydrogen-bond donors (Lipinski definition) is 1. The maximum atomic E-state index is 12.6. The van der Waals surface area contributed by atoms with Crippen LogP contribution in [0.5, 0.6) is 0 Å². The lowest BCUT2D eigenvalue weighted by Gasteiger charge is -2.31. The Morgan fingerprint density at radius 1 is 0.569 bits per heavy atom. The van der Waals surface area contributed by atoms with E-state index in [2.05, 4.69) is 26.0 Å². The van der Waals surface area contributed by atoms with Crippen molar-refractivity contribution in [3.05, 3.63) is 12.2 Å². The Morgan fingerprint density at radius 2 is 0.980 bits per heavy atom. The van der Waals surface area contributed by atoms with Crippen LogP contribution in [0.1, 0.15) is 194 Å². The smallest absolute Gasteiger partial charge is 0.362 e. The van der Waals surface area contributed by atoms with E-state index in [4.69, 9.17) is 14.2 Å². The van der Waals surface area contributed by atoms with Gasteiger partial charge in [-0.3, -0.25) is 9.59 Å². The molecule has 0 aliphatic carbocycles. The second-order valence-electron chi connectivity index (χ2n) is 15.6. The number of carbonyl (C=O) groups excluding carboxylic acids is 2. The number of aliphatic carboxylic acids is 1. The van der Waals surface area contributed by atoms with E-state index in [-0.39, 0.29) is 36.2 Å². The molecule has 0 saturated heterocycles. The number of nitrogens with zero attached hydrogens (tertiary/aromatic N) is 1. The molecule has 0 aromatic carbocycles. The van der Waals surface area contributed by atoms with Crippen LogP contribution < -0.4 is 0 Å². The molecule has 300 valence electrons. The maximum absolute atomic E-state index is 12.6. The molecule has 0 aliphatic heterocycles. The summed E-state index contributed by atoms with van der Waals surface area (Å²) in [6.07, 6.45) is 36.0. The number of carbonyl (C=O) groups is 3. The largest absolute Gasteiger partial charge is 0.477 e. The number of rotatable bonds is 38. The van der Waals surface area contributed by atoms with Crippen molar-refractivity contribution in [3.8, 4) is 0 Å². The summed E-state index contributed by atoms with van der Waals surface area (Å²) in [5, 5.41) is 9.55. The van der Waals surface area contributed by atoms with Gasteiger partial charge in [-0.1, -0.05) is 148 Å². The van der Waals surface area contributed by atoms with Crippen LogP contribution >= 0.6 is 0 Å². The summed E-state index contributed by atoms with van der Waals surface area (Å²) in [6.45, 7) is 4.63. The van der Waals surface area contributed by atoms with E-state index in [1.54, 1.807) is 0 Å². The van der Waals surface area contributed by atoms with Crippen molar-refractivity contribution in [1.82, 2.24) is 0 Å². The number of unbranched alkanes of at least 4 members (excludes halogenated alkanes) is 22. The molecule has 0 aromatic heterocycles. The standard InChI is InChI=1S/C43H81NO7/c1-6-8-10-12-13-14-15-16-17-18-19-20-21-22-23-24-25-26-27-28-29-30-32-34-42(46)51-39(38-50-41(45)33-31-11-9-7-2)37-49-36-35-40(43(47)48)44(3,4)5/h18-19,39-40H,6-17,20-38H2,1-5H3/p+1/b19-18-. The fraction of sp³-hybridized carbons (Fsp3) is 0.884. The Balaban J connectivity index is 4.02. The molecular formula is C43H82NO7+. The molecule has 8 nitrogen and oxygen atoms in total. The van der Waals surface area contributed by atoms with Crippen LogP contribution in [0.4, 0.5) is 0 Å². The summed E-state index contributed by atoms with van der Waals surface area (Å²) in [7, 11) is 5.51. The first-order valence-electron chi connectivity index (χ1n) is 21.2. The molecule has 0 amide bonds. The minimum Gasteiger partial charge on any atom is -0.477 e. The minimum atomic E-state index is -0.875. The molecule has 0 rings (SSSR count). The fourth-order valence-corrected chi connectivity index (χ4v) is 6.32. The Labute approximate surface area is 314 Å². The second kappa shape index (κ2) is 35.1. The van der Waals surface area contributed by atoms with E-state index < -0.39 is 18.1 Å². The van der Waals surface area contributed by atoms with E-state index >= 15 is 0 Å². The van der Waals surface area contributed by atoms with Crippen molar-refractivity contribution in [1.29, 1.82) is 0 Å². The molecule has 0 fully saturated rings. The van der Waals surface area contributed by atoms with Crippen LogP contribution in [0, 0.1) is 0 Å². The van der Waals surface area contributed by atoms with E-state index in [1.165, 1.54) is 116 Å². The third kappa shape index (κ3) is 33.6. The molecule has 0 bridgehead atoms. The van der Waals surface area contributed by atoms with Gasteiger partial charge in [-0.2, -0.15) is 0 Å². The fourth-order valence-electron chi connectivity index (χ4n) is 6.32. The highest BCUT2D eigenvalue weighted by atomic mass is 16.6. The van der Waals surface area contributed by atoms with Gasteiger partial charge in [0, 0.05) is 19.3 Å². The normalized spacial score (nSPS) is 13.0. The van der Waals surface area contributed by atoms with Gasteiger partial charge in [-0.05, 0) is 38.5 Å². The third-order valence-corrected chi connectivity index (χ3v) is 9.66. The first-order chi connectivity index (χ1) is 24.6. The third-order valence-electron chi connectivity index (χ3n) is 9.66. The molecule has 1 N–H and O–H groups in total. The quantitative estimate of drug-likeness (QED) is 0.0293. The summed E-state index contributed by atoms with van der Waals surface area (Å²) in [4.78, 5) is 36.5. The predicted molar refractivity (Wildman–Crippen MR) is 211 cm³/mol. The zero-order valence-electron chi connectivity index (χ0n) is 34.1.